The molecule has 0 bridgehead atoms. The molecule has 0 fully saturated rings. The van der Waals surface area contributed by atoms with Gasteiger partial charge in [-0.3, -0.25) is 4.79 Å². The van der Waals surface area contributed by atoms with Gasteiger partial charge in [0, 0.05) is 17.8 Å². The summed E-state index contributed by atoms with van der Waals surface area (Å²) in [4.78, 5) is 11.8. The molecule has 0 aromatic heterocycles. The van der Waals surface area contributed by atoms with Crippen LogP contribution in [0.4, 0.5) is 15.8 Å². The molecule has 1 amide bonds. The smallest absolute Gasteiger partial charge is 0.224 e. The van der Waals surface area contributed by atoms with Crippen molar-refractivity contribution in [3.05, 3.63) is 59.4 Å². The van der Waals surface area contributed by atoms with Crippen LogP contribution < -0.4 is 11.1 Å². The normalized spacial score (nSPS) is 10.3. The van der Waals surface area contributed by atoms with Crippen molar-refractivity contribution in [1.82, 2.24) is 0 Å². The molecule has 0 saturated heterocycles. The summed E-state index contributed by atoms with van der Waals surface area (Å²) < 4.78 is 12.7. The zero-order valence-electron chi connectivity index (χ0n) is 11.3. The van der Waals surface area contributed by atoms with E-state index in [1.54, 1.807) is 0 Å². The van der Waals surface area contributed by atoms with Crippen LogP contribution in [0.3, 0.4) is 0 Å². The third kappa shape index (κ3) is 3.82. The number of nitrogens with one attached hydrogen (secondary N) is 1. The fourth-order valence-corrected chi connectivity index (χ4v) is 1.86. The van der Waals surface area contributed by atoms with Crippen LogP contribution in [-0.4, -0.2) is 5.91 Å². The van der Waals surface area contributed by atoms with Gasteiger partial charge in [0.1, 0.15) is 5.82 Å². The second-order valence-electron chi connectivity index (χ2n) is 4.75. The van der Waals surface area contributed by atoms with E-state index in [9.17, 15) is 9.18 Å². The van der Waals surface area contributed by atoms with Gasteiger partial charge in [-0.15, -0.1) is 0 Å². The van der Waals surface area contributed by atoms with Crippen molar-refractivity contribution >= 4 is 17.3 Å². The van der Waals surface area contributed by atoms with Gasteiger partial charge < -0.3 is 11.1 Å². The molecule has 0 radical (unpaired) electrons. The molecule has 0 spiro atoms. The van der Waals surface area contributed by atoms with E-state index in [1.165, 1.54) is 24.3 Å². The molecule has 4 heteroatoms. The maximum Gasteiger partial charge on any atom is 0.224 e. The molecule has 0 aliphatic rings. The Morgan fingerprint density at radius 1 is 1.20 bits per heavy atom. The van der Waals surface area contributed by atoms with Crippen LogP contribution in [0, 0.1) is 12.7 Å². The number of aryl methyl sites for hydroxylation is 2. The predicted molar refractivity (Wildman–Crippen MR) is 78.9 cm³/mol. The van der Waals surface area contributed by atoms with E-state index in [0.29, 0.717) is 18.5 Å². The highest BCUT2D eigenvalue weighted by Gasteiger charge is 2.04. The summed E-state index contributed by atoms with van der Waals surface area (Å²) in [6, 6.07) is 11.5. The number of nitrogen functional groups attached to an aromatic ring is 1. The molecule has 0 aliphatic carbocycles. The first kappa shape index (κ1) is 14.1. The van der Waals surface area contributed by atoms with Gasteiger partial charge in [0.2, 0.25) is 5.91 Å². The Hall–Kier alpha value is -2.36. The second kappa shape index (κ2) is 6.19. The molecule has 0 aliphatic heterocycles. The highest BCUT2D eigenvalue weighted by Crippen LogP contribution is 2.15. The molecule has 20 heavy (non-hydrogen) atoms. The molecular weight excluding hydrogens is 255 g/mol. The van der Waals surface area contributed by atoms with E-state index in [-0.39, 0.29) is 11.7 Å². The number of nitrogens with two attached hydrogens (primary N) is 1. The number of carbonyl (C=O) groups is 1. The highest BCUT2D eigenvalue weighted by atomic mass is 19.1. The lowest BCUT2D eigenvalue weighted by Crippen LogP contribution is -2.12. The van der Waals surface area contributed by atoms with Gasteiger partial charge in [-0.05, 0) is 54.8 Å². The molecule has 2 rings (SSSR count). The SMILES string of the molecule is Cc1ccc(CCC(=O)Nc2ccc(F)cc2)cc1N. The fraction of sp³-hybridized carbons (Fsp3) is 0.188. The molecule has 0 unspecified atom stereocenters. The second-order valence-corrected chi connectivity index (χ2v) is 4.75. The largest absolute Gasteiger partial charge is 0.399 e. The third-order valence-electron chi connectivity index (χ3n) is 3.11. The van der Waals surface area contributed by atoms with Crippen LogP contribution in [-0.2, 0) is 11.2 Å². The standard InChI is InChI=1S/C16H17FN2O/c1-11-2-3-12(10-15(11)18)4-9-16(20)19-14-7-5-13(17)6-8-14/h2-3,5-8,10H,4,9,18H2,1H3,(H,19,20). The predicted octanol–water partition coefficient (Wildman–Crippen LogP) is 3.29. The minimum Gasteiger partial charge on any atom is -0.399 e. The van der Waals surface area contributed by atoms with Crippen LogP contribution in [0.1, 0.15) is 17.5 Å². The van der Waals surface area contributed by atoms with E-state index in [1.807, 2.05) is 25.1 Å². The van der Waals surface area contributed by atoms with Crippen molar-refractivity contribution in [2.45, 2.75) is 19.8 Å². The van der Waals surface area contributed by atoms with Gasteiger partial charge in [0.05, 0.1) is 0 Å². The third-order valence-corrected chi connectivity index (χ3v) is 3.11. The first-order chi connectivity index (χ1) is 9.54. The number of amides is 1. The maximum atomic E-state index is 12.7. The Balaban J connectivity index is 1.88. The Bertz CT molecular complexity index is 608. The highest BCUT2D eigenvalue weighted by molar-refractivity contribution is 5.90. The zero-order valence-corrected chi connectivity index (χ0v) is 11.3. The Morgan fingerprint density at radius 3 is 2.55 bits per heavy atom. The van der Waals surface area contributed by atoms with Crippen LogP contribution in [0.25, 0.3) is 0 Å². The van der Waals surface area contributed by atoms with Gasteiger partial charge >= 0.3 is 0 Å². The number of halogens is 1. The Kier molecular flexibility index (Phi) is 4.35. The van der Waals surface area contributed by atoms with Crippen molar-refractivity contribution in [2.75, 3.05) is 11.1 Å². The number of hydrogen-bond acceptors (Lipinski definition) is 2. The topological polar surface area (TPSA) is 55.1 Å². The summed E-state index contributed by atoms with van der Waals surface area (Å²) in [6.45, 7) is 1.94. The lowest BCUT2D eigenvalue weighted by Gasteiger charge is -2.07. The van der Waals surface area contributed by atoms with Gasteiger partial charge in [-0.1, -0.05) is 12.1 Å². The van der Waals surface area contributed by atoms with E-state index in [2.05, 4.69) is 5.32 Å². The maximum absolute atomic E-state index is 12.7. The summed E-state index contributed by atoms with van der Waals surface area (Å²) in [5, 5.41) is 2.73. The first-order valence-electron chi connectivity index (χ1n) is 6.45. The monoisotopic (exact) mass is 272 g/mol. The lowest BCUT2D eigenvalue weighted by molar-refractivity contribution is -0.116. The van der Waals surface area contributed by atoms with Crippen molar-refractivity contribution in [2.24, 2.45) is 0 Å². The summed E-state index contributed by atoms with van der Waals surface area (Å²) in [5.41, 5.74) is 9.23. The molecule has 0 atom stereocenters. The zero-order chi connectivity index (χ0) is 14.5. The molecule has 104 valence electrons. The number of hydrogen-bond donors (Lipinski definition) is 2. The molecule has 0 saturated carbocycles. The molecule has 3 nitrogen and oxygen atoms in total. The molecule has 0 heterocycles. The van der Waals surface area contributed by atoms with Crippen LogP contribution in [0.2, 0.25) is 0 Å². The van der Waals surface area contributed by atoms with Crippen LogP contribution in [0.5, 0.6) is 0 Å². The number of rotatable bonds is 4. The minimum absolute atomic E-state index is 0.101. The van der Waals surface area contributed by atoms with Crippen LogP contribution >= 0.6 is 0 Å². The lowest BCUT2D eigenvalue weighted by atomic mass is 10.1. The molecule has 3 N–H and O–H groups in total. The first-order valence-corrected chi connectivity index (χ1v) is 6.45. The Labute approximate surface area is 117 Å². The van der Waals surface area contributed by atoms with E-state index < -0.39 is 0 Å². The number of benzene rings is 2. The van der Waals surface area contributed by atoms with Gasteiger partial charge in [0.15, 0.2) is 0 Å². The molecule has 2 aromatic carbocycles. The van der Waals surface area contributed by atoms with Crippen molar-refractivity contribution in [3.63, 3.8) is 0 Å². The summed E-state index contributed by atoms with van der Waals surface area (Å²) in [7, 11) is 0. The summed E-state index contributed by atoms with van der Waals surface area (Å²) in [6.07, 6.45) is 0.984. The van der Waals surface area contributed by atoms with E-state index in [4.69, 9.17) is 5.73 Å². The minimum atomic E-state index is -0.321. The Morgan fingerprint density at radius 2 is 1.90 bits per heavy atom. The number of carbonyl (C=O) groups excluding carboxylic acids is 1. The van der Waals surface area contributed by atoms with Crippen molar-refractivity contribution in [3.8, 4) is 0 Å². The van der Waals surface area contributed by atoms with Crippen LogP contribution in [0.15, 0.2) is 42.5 Å². The quantitative estimate of drug-likeness (QED) is 0.839. The fourth-order valence-electron chi connectivity index (χ4n) is 1.86. The summed E-state index contributed by atoms with van der Waals surface area (Å²) >= 11 is 0. The van der Waals surface area contributed by atoms with Gasteiger partial charge in [-0.2, -0.15) is 0 Å². The van der Waals surface area contributed by atoms with Crippen molar-refractivity contribution < 1.29 is 9.18 Å². The van der Waals surface area contributed by atoms with E-state index >= 15 is 0 Å². The average molecular weight is 272 g/mol. The molecule has 2 aromatic rings. The van der Waals surface area contributed by atoms with Crippen molar-refractivity contribution in [1.29, 1.82) is 0 Å². The average Bonchev–Trinajstić information content (AvgIpc) is 2.43. The molecular formula is C16H17FN2O. The van der Waals surface area contributed by atoms with E-state index in [0.717, 1.165) is 16.8 Å². The van der Waals surface area contributed by atoms with Gasteiger partial charge in [-0.25, -0.2) is 4.39 Å². The summed E-state index contributed by atoms with van der Waals surface area (Å²) in [5.74, 6) is -0.422. The number of anilines is 2. The van der Waals surface area contributed by atoms with Gasteiger partial charge in [0.25, 0.3) is 0 Å².